The van der Waals surface area contributed by atoms with Crippen LogP contribution in [0.4, 0.5) is 0 Å². The van der Waals surface area contributed by atoms with Crippen molar-refractivity contribution in [1.82, 2.24) is 4.57 Å². The molecule has 0 amide bonds. The Bertz CT molecular complexity index is 558. The van der Waals surface area contributed by atoms with Crippen molar-refractivity contribution in [2.75, 3.05) is 0 Å². The van der Waals surface area contributed by atoms with E-state index in [-0.39, 0.29) is 6.04 Å². The Labute approximate surface area is 122 Å². The molecule has 20 heavy (non-hydrogen) atoms. The largest absolute Gasteiger partial charge is 0.350 e. The van der Waals surface area contributed by atoms with Crippen LogP contribution in [0.3, 0.4) is 0 Å². The first-order valence-electron chi connectivity index (χ1n) is 7.49. The van der Waals surface area contributed by atoms with Gasteiger partial charge in [0, 0.05) is 25.0 Å². The van der Waals surface area contributed by atoms with Crippen LogP contribution in [0, 0.1) is 20.8 Å². The van der Waals surface area contributed by atoms with Crippen molar-refractivity contribution in [2.24, 2.45) is 5.73 Å². The van der Waals surface area contributed by atoms with Crippen molar-refractivity contribution in [1.29, 1.82) is 0 Å². The molecule has 2 heteroatoms. The number of benzene rings is 1. The number of aryl methyl sites for hydroxylation is 3. The van der Waals surface area contributed by atoms with E-state index in [1.165, 1.54) is 27.8 Å². The maximum atomic E-state index is 6.18. The maximum absolute atomic E-state index is 6.18. The zero-order valence-corrected chi connectivity index (χ0v) is 13.1. The van der Waals surface area contributed by atoms with Gasteiger partial charge in [-0.2, -0.15) is 0 Å². The molecule has 2 nitrogen and oxygen atoms in total. The summed E-state index contributed by atoms with van der Waals surface area (Å²) in [6.07, 6.45) is 6.51. The first kappa shape index (κ1) is 14.9. The summed E-state index contributed by atoms with van der Waals surface area (Å²) in [7, 11) is 0. The first-order valence-corrected chi connectivity index (χ1v) is 7.49. The van der Waals surface area contributed by atoms with Gasteiger partial charge in [-0.3, -0.25) is 0 Å². The molecule has 0 radical (unpaired) electrons. The van der Waals surface area contributed by atoms with E-state index in [0.717, 1.165) is 19.4 Å². The molecular weight excluding hydrogens is 244 g/mol. The fourth-order valence-electron chi connectivity index (χ4n) is 2.90. The molecule has 0 aliphatic carbocycles. The highest BCUT2D eigenvalue weighted by Gasteiger charge is 2.08. The van der Waals surface area contributed by atoms with Crippen LogP contribution in [0.25, 0.3) is 0 Å². The molecule has 108 valence electrons. The van der Waals surface area contributed by atoms with Gasteiger partial charge in [0.25, 0.3) is 0 Å². The van der Waals surface area contributed by atoms with Crippen LogP contribution in [0.1, 0.15) is 53.6 Å². The number of nitrogens with two attached hydrogens (primary N) is 1. The van der Waals surface area contributed by atoms with Crippen molar-refractivity contribution in [3.05, 3.63) is 58.4 Å². The predicted octanol–water partition coefficient (Wildman–Crippen LogP) is 4.26. The highest BCUT2D eigenvalue weighted by Crippen LogP contribution is 2.20. The third-order valence-corrected chi connectivity index (χ3v) is 3.98. The monoisotopic (exact) mass is 270 g/mol. The fraction of sp³-hybridized carbons (Fsp3) is 0.444. The zero-order valence-electron chi connectivity index (χ0n) is 13.1. The van der Waals surface area contributed by atoms with Crippen molar-refractivity contribution >= 4 is 0 Å². The Morgan fingerprint density at radius 1 is 1.15 bits per heavy atom. The molecule has 0 saturated heterocycles. The number of rotatable bonds is 5. The van der Waals surface area contributed by atoms with Crippen molar-refractivity contribution in [2.45, 2.75) is 53.1 Å². The van der Waals surface area contributed by atoms with Gasteiger partial charge in [-0.05, 0) is 55.5 Å². The Morgan fingerprint density at radius 3 is 2.40 bits per heavy atom. The minimum absolute atomic E-state index is 0.168. The molecule has 2 rings (SSSR count). The van der Waals surface area contributed by atoms with Gasteiger partial charge in [-0.1, -0.05) is 31.0 Å². The van der Waals surface area contributed by atoms with E-state index in [1.807, 2.05) is 0 Å². The molecule has 0 saturated carbocycles. The van der Waals surface area contributed by atoms with Crippen LogP contribution in [0.15, 0.2) is 30.6 Å². The van der Waals surface area contributed by atoms with Gasteiger partial charge in [0.15, 0.2) is 0 Å². The zero-order chi connectivity index (χ0) is 14.7. The molecular formula is C18H26N2. The van der Waals surface area contributed by atoms with Crippen LogP contribution in [0.5, 0.6) is 0 Å². The molecule has 1 aromatic heterocycles. The van der Waals surface area contributed by atoms with Crippen LogP contribution < -0.4 is 5.73 Å². The Hall–Kier alpha value is -1.54. The van der Waals surface area contributed by atoms with Gasteiger partial charge in [-0.25, -0.2) is 0 Å². The maximum Gasteiger partial charge on any atom is 0.0475 e. The average Bonchev–Trinajstić information content (AvgIpc) is 2.82. The second-order valence-corrected chi connectivity index (χ2v) is 5.89. The Morgan fingerprint density at radius 2 is 1.80 bits per heavy atom. The molecule has 1 unspecified atom stereocenters. The fourth-order valence-corrected chi connectivity index (χ4v) is 2.90. The molecule has 1 aromatic carbocycles. The van der Waals surface area contributed by atoms with Gasteiger partial charge in [0.1, 0.15) is 0 Å². The van der Waals surface area contributed by atoms with E-state index in [0.29, 0.717) is 0 Å². The molecule has 0 fully saturated rings. The molecule has 0 aliphatic rings. The normalized spacial score (nSPS) is 12.7. The first-order chi connectivity index (χ1) is 9.51. The standard InChI is InChI=1S/C18H26N2/c1-5-6-18(19)16-7-8-20(11-16)12-17-14(3)9-13(2)10-15(17)4/h7-11,18H,5-6,12,19H2,1-4H3. The molecule has 2 aromatic rings. The van der Waals surface area contributed by atoms with Crippen LogP contribution in [-0.2, 0) is 6.54 Å². The van der Waals surface area contributed by atoms with E-state index in [1.54, 1.807) is 0 Å². The van der Waals surface area contributed by atoms with E-state index in [2.05, 4.69) is 62.9 Å². The molecule has 1 heterocycles. The summed E-state index contributed by atoms with van der Waals surface area (Å²) in [5.41, 5.74) is 12.9. The van der Waals surface area contributed by atoms with Gasteiger partial charge >= 0.3 is 0 Å². The SMILES string of the molecule is CCCC(N)c1ccn(Cc2c(C)cc(C)cc2C)c1. The quantitative estimate of drug-likeness (QED) is 0.864. The van der Waals surface area contributed by atoms with Gasteiger partial charge < -0.3 is 10.3 Å². The topological polar surface area (TPSA) is 30.9 Å². The third-order valence-electron chi connectivity index (χ3n) is 3.98. The molecule has 1 atom stereocenters. The summed E-state index contributed by atoms with van der Waals surface area (Å²) in [6.45, 7) is 9.65. The lowest BCUT2D eigenvalue weighted by Gasteiger charge is -2.12. The number of nitrogens with zero attached hydrogens (tertiary/aromatic N) is 1. The summed E-state index contributed by atoms with van der Waals surface area (Å²) in [6, 6.07) is 6.84. The summed E-state index contributed by atoms with van der Waals surface area (Å²) < 4.78 is 2.25. The summed E-state index contributed by atoms with van der Waals surface area (Å²) >= 11 is 0. The highest BCUT2D eigenvalue weighted by atomic mass is 14.9. The van der Waals surface area contributed by atoms with Crippen molar-refractivity contribution in [3.63, 3.8) is 0 Å². The third kappa shape index (κ3) is 3.31. The second kappa shape index (κ2) is 6.27. The van der Waals surface area contributed by atoms with Crippen LogP contribution in [-0.4, -0.2) is 4.57 Å². The Balaban J connectivity index is 2.19. The van der Waals surface area contributed by atoms with Crippen LogP contribution >= 0.6 is 0 Å². The van der Waals surface area contributed by atoms with Crippen LogP contribution in [0.2, 0.25) is 0 Å². The number of hydrogen-bond donors (Lipinski definition) is 1. The minimum Gasteiger partial charge on any atom is -0.350 e. The molecule has 0 spiro atoms. The summed E-state index contributed by atoms with van der Waals surface area (Å²) in [4.78, 5) is 0. The number of hydrogen-bond acceptors (Lipinski definition) is 1. The molecule has 2 N–H and O–H groups in total. The number of aromatic nitrogens is 1. The van der Waals surface area contributed by atoms with Gasteiger partial charge in [0.2, 0.25) is 0 Å². The van der Waals surface area contributed by atoms with Gasteiger partial charge in [0.05, 0.1) is 0 Å². The lowest BCUT2D eigenvalue weighted by Crippen LogP contribution is -2.09. The minimum atomic E-state index is 0.168. The second-order valence-electron chi connectivity index (χ2n) is 5.89. The predicted molar refractivity (Wildman–Crippen MR) is 86.0 cm³/mol. The lowest BCUT2D eigenvalue weighted by atomic mass is 10.00. The van der Waals surface area contributed by atoms with E-state index < -0.39 is 0 Å². The Kier molecular flexibility index (Phi) is 4.66. The van der Waals surface area contributed by atoms with E-state index in [4.69, 9.17) is 5.73 Å². The summed E-state index contributed by atoms with van der Waals surface area (Å²) in [5.74, 6) is 0. The molecule has 0 bridgehead atoms. The lowest BCUT2D eigenvalue weighted by molar-refractivity contribution is 0.636. The summed E-state index contributed by atoms with van der Waals surface area (Å²) in [5, 5.41) is 0. The smallest absolute Gasteiger partial charge is 0.0475 e. The molecule has 0 aliphatic heterocycles. The van der Waals surface area contributed by atoms with Gasteiger partial charge in [-0.15, -0.1) is 0 Å². The van der Waals surface area contributed by atoms with E-state index in [9.17, 15) is 0 Å². The van der Waals surface area contributed by atoms with Crippen molar-refractivity contribution in [3.8, 4) is 0 Å². The highest BCUT2D eigenvalue weighted by molar-refractivity contribution is 5.37. The average molecular weight is 270 g/mol. The van der Waals surface area contributed by atoms with Crippen molar-refractivity contribution < 1.29 is 0 Å². The van der Waals surface area contributed by atoms with E-state index >= 15 is 0 Å².